The van der Waals surface area contributed by atoms with Crippen LogP contribution in [0.2, 0.25) is 0 Å². The van der Waals surface area contributed by atoms with Crippen molar-refractivity contribution in [3.8, 4) is 0 Å². The predicted octanol–water partition coefficient (Wildman–Crippen LogP) is 3.22. The lowest BCUT2D eigenvalue weighted by molar-refractivity contribution is 0.0687. The van der Waals surface area contributed by atoms with Crippen molar-refractivity contribution in [3.05, 3.63) is 52.4 Å². The van der Waals surface area contributed by atoms with Crippen molar-refractivity contribution in [2.45, 2.75) is 32.4 Å². The molecule has 0 amide bonds. The number of likely N-dealkylation sites (N-methyl/N-ethyl adjacent to an activating group) is 1. The second kappa shape index (κ2) is 7.32. The molecular formula is C20H26N2O2. The minimum absolute atomic E-state index is 0.0359. The van der Waals surface area contributed by atoms with E-state index in [2.05, 4.69) is 36.8 Å². The third-order valence-corrected chi connectivity index (χ3v) is 4.93. The highest BCUT2D eigenvalue weighted by molar-refractivity contribution is 5.78. The van der Waals surface area contributed by atoms with Crippen LogP contribution in [0.4, 0.5) is 0 Å². The first-order valence-corrected chi connectivity index (χ1v) is 8.67. The lowest BCUT2D eigenvalue weighted by atomic mass is 10.1. The van der Waals surface area contributed by atoms with Crippen molar-refractivity contribution in [2.75, 3.05) is 26.7 Å². The zero-order valence-electron chi connectivity index (χ0n) is 14.7. The Kier molecular flexibility index (Phi) is 5.17. The fourth-order valence-corrected chi connectivity index (χ4v) is 3.54. The van der Waals surface area contributed by atoms with Gasteiger partial charge in [-0.2, -0.15) is 0 Å². The largest absolute Gasteiger partial charge is 0.463 e. The van der Waals surface area contributed by atoms with E-state index in [9.17, 15) is 4.79 Å². The van der Waals surface area contributed by atoms with Crippen LogP contribution < -0.4 is 5.43 Å². The van der Waals surface area contributed by atoms with Gasteiger partial charge in [0.15, 0.2) is 5.43 Å². The molecule has 24 heavy (non-hydrogen) atoms. The highest BCUT2D eigenvalue weighted by Gasteiger charge is 2.24. The summed E-state index contributed by atoms with van der Waals surface area (Å²) in [5, 5.41) is 0.639. The maximum atomic E-state index is 12.5. The summed E-state index contributed by atoms with van der Waals surface area (Å²) in [7, 11) is 2.18. The molecule has 0 radical (unpaired) electrons. The Bertz CT molecular complexity index is 781. The molecule has 0 N–H and O–H groups in total. The lowest BCUT2D eigenvalue weighted by Crippen LogP contribution is -2.53. The van der Waals surface area contributed by atoms with Gasteiger partial charge in [0.1, 0.15) is 11.8 Å². The highest BCUT2D eigenvalue weighted by atomic mass is 16.3. The zero-order valence-corrected chi connectivity index (χ0v) is 14.7. The van der Waals surface area contributed by atoms with Crippen molar-refractivity contribution in [1.29, 1.82) is 0 Å². The van der Waals surface area contributed by atoms with Crippen LogP contribution in [0.3, 0.4) is 0 Å². The number of hydrogen-bond donors (Lipinski definition) is 0. The molecule has 0 bridgehead atoms. The molecule has 4 nitrogen and oxygen atoms in total. The normalized spacial score (nSPS) is 21.5. The van der Waals surface area contributed by atoms with E-state index in [4.69, 9.17) is 4.42 Å². The van der Waals surface area contributed by atoms with Gasteiger partial charge >= 0.3 is 0 Å². The number of fused-ring (bicyclic) bond motifs is 1. The van der Waals surface area contributed by atoms with E-state index >= 15 is 0 Å². The molecule has 1 aromatic carbocycles. The van der Waals surface area contributed by atoms with Gasteiger partial charge in [-0.15, -0.1) is 0 Å². The third kappa shape index (κ3) is 3.60. The molecular weight excluding hydrogens is 300 g/mol. The zero-order chi connectivity index (χ0) is 17.1. The number of rotatable bonds is 4. The second-order valence-electron chi connectivity index (χ2n) is 6.85. The summed E-state index contributed by atoms with van der Waals surface area (Å²) >= 11 is 0. The van der Waals surface area contributed by atoms with Gasteiger partial charge in [-0.25, -0.2) is 0 Å². The highest BCUT2D eigenvalue weighted by Crippen LogP contribution is 2.16. The third-order valence-electron chi connectivity index (χ3n) is 4.93. The van der Waals surface area contributed by atoms with Crippen molar-refractivity contribution in [1.82, 2.24) is 9.80 Å². The average Bonchev–Trinajstić information content (AvgIpc) is 2.57. The van der Waals surface area contributed by atoms with Crippen molar-refractivity contribution in [2.24, 2.45) is 0 Å². The van der Waals surface area contributed by atoms with Gasteiger partial charge in [0, 0.05) is 31.7 Å². The molecule has 4 heteroatoms. The van der Waals surface area contributed by atoms with Crippen molar-refractivity contribution >= 4 is 17.0 Å². The topological polar surface area (TPSA) is 36.7 Å². The Balaban J connectivity index is 1.68. The Morgan fingerprint density at radius 2 is 2.12 bits per heavy atom. The summed E-state index contributed by atoms with van der Waals surface area (Å²) in [6.45, 7) is 7.88. The number of nitrogens with zero attached hydrogens (tertiary/aromatic N) is 2. The summed E-state index contributed by atoms with van der Waals surface area (Å²) in [6, 6.07) is 8.41. The second-order valence-corrected chi connectivity index (χ2v) is 6.85. The number of hydrogen-bond acceptors (Lipinski definition) is 4. The van der Waals surface area contributed by atoms with Crippen LogP contribution in [0.5, 0.6) is 0 Å². The Morgan fingerprint density at radius 1 is 1.33 bits per heavy atom. The molecule has 0 spiro atoms. The van der Waals surface area contributed by atoms with Gasteiger partial charge in [0.25, 0.3) is 0 Å². The standard InChI is InChI=1S/C20H26N2O2/c1-15(22-12-11-21(3)13-16(22)2)7-6-8-17-14-24-19-10-5-4-9-18(19)20(17)23/h4-6,8-10,14-16H,7,11-13H2,1-3H3/b8-6+. The smallest absolute Gasteiger partial charge is 0.199 e. The van der Waals surface area contributed by atoms with Gasteiger partial charge in [-0.1, -0.05) is 24.3 Å². The first kappa shape index (κ1) is 16.9. The molecule has 128 valence electrons. The minimum atomic E-state index is 0.0359. The monoisotopic (exact) mass is 326 g/mol. The molecule has 1 fully saturated rings. The summed E-state index contributed by atoms with van der Waals surface area (Å²) < 4.78 is 5.56. The fourth-order valence-electron chi connectivity index (χ4n) is 3.54. The molecule has 0 saturated carbocycles. The Hall–Kier alpha value is -1.91. The van der Waals surface area contributed by atoms with E-state index in [1.807, 2.05) is 30.3 Å². The summed E-state index contributed by atoms with van der Waals surface area (Å²) in [5.74, 6) is 0. The van der Waals surface area contributed by atoms with Crippen LogP contribution in [0.15, 0.2) is 45.8 Å². The van der Waals surface area contributed by atoms with Gasteiger partial charge < -0.3 is 9.32 Å². The van der Waals surface area contributed by atoms with Crippen LogP contribution in [0.25, 0.3) is 17.0 Å². The van der Waals surface area contributed by atoms with Crippen LogP contribution in [-0.2, 0) is 0 Å². The molecule has 1 aliphatic heterocycles. The SMILES string of the molecule is CC(C/C=C/c1coc2ccccc2c1=O)N1CCN(C)CC1C. The van der Waals surface area contributed by atoms with E-state index in [0.29, 0.717) is 28.6 Å². The van der Waals surface area contributed by atoms with E-state index in [-0.39, 0.29) is 5.43 Å². The average molecular weight is 326 g/mol. The molecule has 3 rings (SSSR count). The van der Waals surface area contributed by atoms with Crippen LogP contribution in [0.1, 0.15) is 25.8 Å². The number of para-hydroxylation sites is 1. The number of piperazine rings is 1. The molecule has 2 aromatic rings. The van der Waals surface area contributed by atoms with Gasteiger partial charge in [0.2, 0.25) is 0 Å². The molecule has 0 aliphatic carbocycles. The van der Waals surface area contributed by atoms with Gasteiger partial charge in [0.05, 0.1) is 10.9 Å². The van der Waals surface area contributed by atoms with Crippen molar-refractivity contribution < 1.29 is 4.42 Å². The molecule has 1 aliphatic rings. The quantitative estimate of drug-likeness (QED) is 0.864. The maximum Gasteiger partial charge on any atom is 0.199 e. The molecule has 2 atom stereocenters. The molecule has 1 aromatic heterocycles. The number of benzene rings is 1. The van der Waals surface area contributed by atoms with Gasteiger partial charge in [-0.3, -0.25) is 9.69 Å². The fraction of sp³-hybridized carbons (Fsp3) is 0.450. The summed E-state index contributed by atoms with van der Waals surface area (Å²) in [4.78, 5) is 17.4. The first-order chi connectivity index (χ1) is 11.6. The van der Waals surface area contributed by atoms with Crippen LogP contribution in [0, 0.1) is 0 Å². The minimum Gasteiger partial charge on any atom is -0.463 e. The summed E-state index contributed by atoms with van der Waals surface area (Å²) in [6.07, 6.45) is 6.48. The van der Waals surface area contributed by atoms with E-state index < -0.39 is 0 Å². The maximum absolute atomic E-state index is 12.5. The Morgan fingerprint density at radius 3 is 2.92 bits per heavy atom. The van der Waals surface area contributed by atoms with Gasteiger partial charge in [-0.05, 0) is 39.4 Å². The predicted molar refractivity (Wildman–Crippen MR) is 99.3 cm³/mol. The Labute approximate surface area is 143 Å². The van der Waals surface area contributed by atoms with Crippen molar-refractivity contribution in [3.63, 3.8) is 0 Å². The lowest BCUT2D eigenvalue weighted by Gasteiger charge is -2.41. The van der Waals surface area contributed by atoms with Crippen LogP contribution >= 0.6 is 0 Å². The molecule has 2 unspecified atom stereocenters. The summed E-state index contributed by atoms with van der Waals surface area (Å²) in [5.41, 5.74) is 1.29. The molecule has 1 saturated heterocycles. The van der Waals surface area contributed by atoms with E-state index in [1.165, 1.54) is 0 Å². The van der Waals surface area contributed by atoms with E-state index in [1.54, 1.807) is 6.26 Å². The van der Waals surface area contributed by atoms with Crippen LogP contribution in [-0.4, -0.2) is 48.6 Å². The molecule has 2 heterocycles. The first-order valence-electron chi connectivity index (χ1n) is 8.67. The van der Waals surface area contributed by atoms with E-state index in [0.717, 1.165) is 26.1 Å².